The highest BCUT2D eigenvalue weighted by atomic mass is 16.1. The van der Waals surface area contributed by atoms with Crippen LogP contribution in [0.5, 0.6) is 0 Å². The number of imidazole rings is 1. The van der Waals surface area contributed by atoms with Crippen LogP contribution in [0.3, 0.4) is 0 Å². The summed E-state index contributed by atoms with van der Waals surface area (Å²) in [4.78, 5) is 16.9. The number of H-pyrrole nitrogens is 2. The van der Waals surface area contributed by atoms with Gasteiger partial charge in [-0.25, -0.2) is 4.79 Å². The third-order valence-electron chi connectivity index (χ3n) is 3.93. The number of anilines is 1. The van der Waals surface area contributed by atoms with Crippen molar-refractivity contribution in [2.24, 2.45) is 0 Å². The number of aromatic amines is 2. The molecule has 0 aliphatic heterocycles. The van der Waals surface area contributed by atoms with E-state index in [0.717, 1.165) is 22.3 Å². The Kier molecular flexibility index (Phi) is 3.29. The molecule has 3 aromatic rings. The molecule has 4 nitrogen and oxygen atoms in total. The van der Waals surface area contributed by atoms with E-state index < -0.39 is 0 Å². The van der Waals surface area contributed by atoms with Crippen molar-refractivity contribution in [1.82, 2.24) is 9.97 Å². The SMILES string of the molecule is Cc1ccc(NC(C)c2ccc3[nH]c(=O)[nH]c3c2)cc1C. The molecule has 2 aromatic carbocycles. The second-order valence-corrected chi connectivity index (χ2v) is 5.55. The number of fused-ring (bicyclic) bond motifs is 1. The molecule has 0 aliphatic carbocycles. The largest absolute Gasteiger partial charge is 0.379 e. The summed E-state index contributed by atoms with van der Waals surface area (Å²) in [6, 6.07) is 12.5. The molecular formula is C17H19N3O. The third kappa shape index (κ3) is 2.70. The van der Waals surface area contributed by atoms with Crippen LogP contribution in [-0.2, 0) is 0 Å². The topological polar surface area (TPSA) is 60.7 Å². The van der Waals surface area contributed by atoms with Crippen molar-refractivity contribution in [3.8, 4) is 0 Å². The van der Waals surface area contributed by atoms with Crippen molar-refractivity contribution in [3.05, 3.63) is 63.6 Å². The van der Waals surface area contributed by atoms with Crippen LogP contribution < -0.4 is 11.0 Å². The number of rotatable bonds is 3. The van der Waals surface area contributed by atoms with E-state index in [1.807, 2.05) is 18.2 Å². The lowest BCUT2D eigenvalue weighted by atomic mass is 10.1. The number of benzene rings is 2. The summed E-state index contributed by atoms with van der Waals surface area (Å²) in [6.07, 6.45) is 0. The van der Waals surface area contributed by atoms with Crippen LogP contribution in [-0.4, -0.2) is 9.97 Å². The van der Waals surface area contributed by atoms with E-state index in [1.54, 1.807) is 0 Å². The molecule has 0 spiro atoms. The first-order valence-corrected chi connectivity index (χ1v) is 7.08. The predicted molar refractivity (Wildman–Crippen MR) is 86.9 cm³/mol. The number of aromatic nitrogens is 2. The van der Waals surface area contributed by atoms with E-state index in [2.05, 4.69) is 54.3 Å². The van der Waals surface area contributed by atoms with Gasteiger partial charge in [0.25, 0.3) is 0 Å². The van der Waals surface area contributed by atoms with Crippen molar-refractivity contribution < 1.29 is 0 Å². The van der Waals surface area contributed by atoms with Crippen molar-refractivity contribution >= 4 is 16.7 Å². The van der Waals surface area contributed by atoms with Gasteiger partial charge in [0, 0.05) is 11.7 Å². The van der Waals surface area contributed by atoms with Crippen molar-refractivity contribution in [2.75, 3.05) is 5.32 Å². The predicted octanol–water partition coefficient (Wildman–Crippen LogP) is 3.65. The van der Waals surface area contributed by atoms with Gasteiger partial charge in [-0.1, -0.05) is 12.1 Å². The molecule has 108 valence electrons. The summed E-state index contributed by atoms with van der Waals surface area (Å²) in [6.45, 7) is 6.33. The molecule has 1 unspecified atom stereocenters. The summed E-state index contributed by atoms with van der Waals surface area (Å²) in [5.74, 6) is 0. The third-order valence-corrected chi connectivity index (χ3v) is 3.93. The Balaban J connectivity index is 1.87. The van der Waals surface area contributed by atoms with Crippen LogP contribution in [0.2, 0.25) is 0 Å². The molecule has 1 aromatic heterocycles. The van der Waals surface area contributed by atoms with Crippen LogP contribution in [0.25, 0.3) is 11.0 Å². The molecule has 0 saturated heterocycles. The molecule has 4 heteroatoms. The highest BCUT2D eigenvalue weighted by Gasteiger charge is 2.08. The van der Waals surface area contributed by atoms with E-state index in [1.165, 1.54) is 11.1 Å². The Morgan fingerprint density at radius 3 is 2.48 bits per heavy atom. The minimum absolute atomic E-state index is 0.162. The van der Waals surface area contributed by atoms with E-state index in [4.69, 9.17) is 0 Å². The van der Waals surface area contributed by atoms with Crippen LogP contribution in [0.15, 0.2) is 41.2 Å². The van der Waals surface area contributed by atoms with E-state index in [-0.39, 0.29) is 11.7 Å². The average Bonchev–Trinajstić information content (AvgIpc) is 2.82. The van der Waals surface area contributed by atoms with E-state index >= 15 is 0 Å². The van der Waals surface area contributed by atoms with Crippen LogP contribution in [0.1, 0.15) is 29.7 Å². The van der Waals surface area contributed by atoms with Gasteiger partial charge in [0.15, 0.2) is 0 Å². The molecule has 21 heavy (non-hydrogen) atoms. The minimum Gasteiger partial charge on any atom is -0.379 e. The Bertz CT molecular complexity index is 845. The van der Waals surface area contributed by atoms with Gasteiger partial charge in [-0.2, -0.15) is 0 Å². The molecule has 1 heterocycles. The van der Waals surface area contributed by atoms with Crippen molar-refractivity contribution in [1.29, 1.82) is 0 Å². The van der Waals surface area contributed by atoms with E-state index in [0.29, 0.717) is 0 Å². The summed E-state index contributed by atoms with van der Waals surface area (Å²) >= 11 is 0. The lowest BCUT2D eigenvalue weighted by Crippen LogP contribution is -2.06. The monoisotopic (exact) mass is 281 g/mol. The van der Waals surface area contributed by atoms with Gasteiger partial charge in [0.2, 0.25) is 0 Å². The zero-order chi connectivity index (χ0) is 15.0. The second-order valence-electron chi connectivity index (χ2n) is 5.55. The zero-order valence-electron chi connectivity index (χ0n) is 12.4. The lowest BCUT2D eigenvalue weighted by molar-refractivity contribution is 0.886. The number of nitrogens with one attached hydrogen (secondary N) is 3. The minimum atomic E-state index is -0.170. The fourth-order valence-corrected chi connectivity index (χ4v) is 2.48. The first-order chi connectivity index (χ1) is 10.0. The number of hydrogen-bond donors (Lipinski definition) is 3. The van der Waals surface area contributed by atoms with Gasteiger partial charge in [-0.15, -0.1) is 0 Å². The summed E-state index contributed by atoms with van der Waals surface area (Å²) in [5.41, 5.74) is 6.31. The van der Waals surface area contributed by atoms with Crippen molar-refractivity contribution in [3.63, 3.8) is 0 Å². The molecule has 0 bridgehead atoms. The zero-order valence-corrected chi connectivity index (χ0v) is 12.4. The molecule has 0 saturated carbocycles. The average molecular weight is 281 g/mol. The smallest absolute Gasteiger partial charge is 0.323 e. The Morgan fingerprint density at radius 2 is 1.71 bits per heavy atom. The first-order valence-electron chi connectivity index (χ1n) is 7.08. The molecule has 1 atom stereocenters. The fraction of sp³-hybridized carbons (Fsp3) is 0.235. The molecule has 3 N–H and O–H groups in total. The van der Waals surface area contributed by atoms with Gasteiger partial charge >= 0.3 is 5.69 Å². The molecular weight excluding hydrogens is 262 g/mol. The van der Waals surface area contributed by atoms with E-state index in [9.17, 15) is 4.79 Å². The molecule has 0 radical (unpaired) electrons. The maximum atomic E-state index is 11.3. The highest BCUT2D eigenvalue weighted by molar-refractivity contribution is 5.75. The molecule has 3 rings (SSSR count). The van der Waals surface area contributed by atoms with Crippen LogP contribution in [0, 0.1) is 13.8 Å². The quantitative estimate of drug-likeness (QED) is 0.686. The summed E-state index contributed by atoms with van der Waals surface area (Å²) in [5, 5.41) is 3.50. The fourth-order valence-electron chi connectivity index (χ4n) is 2.48. The highest BCUT2D eigenvalue weighted by Crippen LogP contribution is 2.23. The lowest BCUT2D eigenvalue weighted by Gasteiger charge is -2.16. The Morgan fingerprint density at radius 1 is 0.952 bits per heavy atom. The van der Waals surface area contributed by atoms with Gasteiger partial charge < -0.3 is 15.3 Å². The maximum Gasteiger partial charge on any atom is 0.323 e. The number of aryl methyl sites for hydroxylation is 2. The van der Waals surface area contributed by atoms with Crippen molar-refractivity contribution in [2.45, 2.75) is 26.8 Å². The molecule has 0 fully saturated rings. The second kappa shape index (κ2) is 5.13. The van der Waals surface area contributed by atoms with Gasteiger partial charge in [0.1, 0.15) is 0 Å². The first kappa shape index (κ1) is 13.5. The maximum absolute atomic E-state index is 11.3. The molecule has 0 amide bonds. The standard InChI is InChI=1S/C17H19N3O/c1-10-4-6-14(8-11(10)2)18-12(3)13-5-7-15-16(9-13)20-17(21)19-15/h4-9,12,18H,1-3H3,(H2,19,20,21). The van der Waals surface area contributed by atoms with Crippen LogP contribution in [0.4, 0.5) is 5.69 Å². The Labute approximate surface area is 123 Å². The Hall–Kier alpha value is -2.49. The number of hydrogen-bond acceptors (Lipinski definition) is 2. The van der Waals surface area contributed by atoms with Crippen LogP contribution >= 0.6 is 0 Å². The van der Waals surface area contributed by atoms with Gasteiger partial charge in [-0.3, -0.25) is 0 Å². The summed E-state index contributed by atoms with van der Waals surface area (Å²) < 4.78 is 0. The normalized spacial score (nSPS) is 12.5. The van der Waals surface area contributed by atoms with Gasteiger partial charge in [0.05, 0.1) is 11.0 Å². The summed E-state index contributed by atoms with van der Waals surface area (Å²) in [7, 11) is 0. The van der Waals surface area contributed by atoms with Gasteiger partial charge in [-0.05, 0) is 61.7 Å². The molecule has 0 aliphatic rings.